The second-order valence-electron chi connectivity index (χ2n) is 7.48. The Morgan fingerprint density at radius 1 is 1.16 bits per heavy atom. The Hall–Kier alpha value is -0.570. The van der Waals surface area contributed by atoms with E-state index in [1.165, 1.54) is 51.6 Å². The summed E-state index contributed by atoms with van der Waals surface area (Å²) in [5.41, 5.74) is 0.248. The summed E-state index contributed by atoms with van der Waals surface area (Å²) in [7, 11) is 0. The lowest BCUT2D eigenvalue weighted by molar-refractivity contribution is -0.156. The molecular formula is C16H29NO2. The van der Waals surface area contributed by atoms with Crippen molar-refractivity contribution in [1.82, 2.24) is 5.32 Å². The summed E-state index contributed by atoms with van der Waals surface area (Å²) < 4.78 is 5.43. The van der Waals surface area contributed by atoms with Crippen LogP contribution in [0.25, 0.3) is 0 Å². The molecule has 2 fully saturated rings. The minimum Gasteiger partial charge on any atom is -0.460 e. The smallest absolute Gasteiger partial charge is 0.306 e. The first kappa shape index (κ1) is 14.8. The molecular weight excluding hydrogens is 238 g/mol. The minimum absolute atomic E-state index is 0.0150. The normalized spacial score (nSPS) is 24.4. The Bertz CT molecular complexity index is 303. The number of piperidine rings is 1. The Morgan fingerprint density at radius 2 is 1.74 bits per heavy atom. The average molecular weight is 267 g/mol. The molecule has 1 heterocycles. The molecule has 2 rings (SSSR count). The quantitative estimate of drug-likeness (QED) is 0.780. The molecule has 3 nitrogen and oxygen atoms in total. The van der Waals surface area contributed by atoms with E-state index in [1.54, 1.807) is 0 Å². The van der Waals surface area contributed by atoms with Crippen molar-refractivity contribution >= 4 is 5.97 Å². The van der Waals surface area contributed by atoms with Crippen molar-refractivity contribution in [2.75, 3.05) is 13.1 Å². The van der Waals surface area contributed by atoms with Gasteiger partial charge >= 0.3 is 5.97 Å². The highest BCUT2D eigenvalue weighted by atomic mass is 16.6. The van der Waals surface area contributed by atoms with Gasteiger partial charge in [-0.25, -0.2) is 0 Å². The fraction of sp³-hybridized carbons (Fsp3) is 0.938. The van der Waals surface area contributed by atoms with Gasteiger partial charge in [0.25, 0.3) is 0 Å². The van der Waals surface area contributed by atoms with Crippen LogP contribution in [0.4, 0.5) is 0 Å². The molecule has 1 aliphatic carbocycles. The van der Waals surface area contributed by atoms with Gasteiger partial charge in [0.15, 0.2) is 0 Å². The molecule has 0 aromatic heterocycles. The largest absolute Gasteiger partial charge is 0.460 e. The van der Waals surface area contributed by atoms with Gasteiger partial charge in [0.1, 0.15) is 5.60 Å². The zero-order valence-corrected chi connectivity index (χ0v) is 12.8. The van der Waals surface area contributed by atoms with Gasteiger partial charge in [-0.2, -0.15) is 0 Å². The number of hydrogen-bond acceptors (Lipinski definition) is 3. The molecule has 0 bridgehead atoms. The average Bonchev–Trinajstić information content (AvgIpc) is 2.31. The van der Waals surface area contributed by atoms with Crippen molar-refractivity contribution in [1.29, 1.82) is 0 Å². The Kier molecular flexibility index (Phi) is 4.54. The number of esters is 1. The maximum Gasteiger partial charge on any atom is 0.306 e. The lowest BCUT2D eigenvalue weighted by Crippen LogP contribution is -2.39. The van der Waals surface area contributed by atoms with E-state index in [2.05, 4.69) is 5.32 Å². The minimum atomic E-state index is -0.345. The summed E-state index contributed by atoms with van der Waals surface area (Å²) >= 11 is 0. The van der Waals surface area contributed by atoms with Gasteiger partial charge in [-0.1, -0.05) is 0 Å². The topological polar surface area (TPSA) is 38.3 Å². The number of rotatable bonds is 2. The van der Waals surface area contributed by atoms with Gasteiger partial charge in [-0.05, 0) is 83.7 Å². The lowest BCUT2D eigenvalue weighted by atomic mass is 9.65. The summed E-state index contributed by atoms with van der Waals surface area (Å²) in [5.74, 6) is 0.536. The van der Waals surface area contributed by atoms with Crippen molar-refractivity contribution in [3.05, 3.63) is 0 Å². The second kappa shape index (κ2) is 5.82. The van der Waals surface area contributed by atoms with Gasteiger partial charge in [0.05, 0.1) is 0 Å². The van der Waals surface area contributed by atoms with Crippen LogP contribution in [0, 0.1) is 11.3 Å². The van der Waals surface area contributed by atoms with Crippen LogP contribution in [-0.4, -0.2) is 24.7 Å². The molecule has 1 aliphatic heterocycles. The highest BCUT2D eigenvalue weighted by Crippen LogP contribution is 2.45. The number of nitrogens with one attached hydrogen (secondary N) is 1. The molecule has 19 heavy (non-hydrogen) atoms. The number of carbonyl (C=O) groups is 1. The summed E-state index contributed by atoms with van der Waals surface area (Å²) in [6, 6.07) is 0. The maximum absolute atomic E-state index is 11.9. The third-order valence-electron chi connectivity index (χ3n) is 4.71. The molecule has 0 aromatic rings. The van der Waals surface area contributed by atoms with E-state index in [0.29, 0.717) is 17.8 Å². The SMILES string of the molecule is CC(C)(C)OC(=O)CC1CCC2(CCNCC2)CC1. The van der Waals surface area contributed by atoms with Crippen LogP contribution < -0.4 is 5.32 Å². The van der Waals surface area contributed by atoms with Crippen molar-refractivity contribution < 1.29 is 9.53 Å². The maximum atomic E-state index is 11.9. The summed E-state index contributed by atoms with van der Waals surface area (Å²) in [6.07, 6.45) is 8.30. The first-order valence-corrected chi connectivity index (χ1v) is 7.81. The molecule has 1 spiro atoms. The molecule has 1 N–H and O–H groups in total. The van der Waals surface area contributed by atoms with E-state index >= 15 is 0 Å². The molecule has 0 aromatic carbocycles. The molecule has 1 saturated heterocycles. The zero-order valence-electron chi connectivity index (χ0n) is 12.8. The van der Waals surface area contributed by atoms with Crippen molar-refractivity contribution in [3.63, 3.8) is 0 Å². The Labute approximate surface area is 117 Å². The van der Waals surface area contributed by atoms with Gasteiger partial charge in [-0.3, -0.25) is 4.79 Å². The lowest BCUT2D eigenvalue weighted by Gasteiger charge is -2.43. The Morgan fingerprint density at radius 3 is 2.26 bits per heavy atom. The van der Waals surface area contributed by atoms with Crippen LogP contribution in [-0.2, 0) is 9.53 Å². The molecule has 0 amide bonds. The fourth-order valence-electron chi connectivity index (χ4n) is 3.57. The summed E-state index contributed by atoms with van der Waals surface area (Å²) in [4.78, 5) is 11.9. The van der Waals surface area contributed by atoms with E-state index < -0.39 is 0 Å². The first-order chi connectivity index (χ1) is 8.89. The Balaban J connectivity index is 1.75. The highest BCUT2D eigenvalue weighted by molar-refractivity contribution is 5.70. The van der Waals surface area contributed by atoms with Gasteiger partial charge in [0, 0.05) is 6.42 Å². The van der Waals surface area contributed by atoms with Crippen LogP contribution in [0.1, 0.15) is 65.7 Å². The summed E-state index contributed by atoms with van der Waals surface area (Å²) in [5, 5.41) is 3.45. The third-order valence-corrected chi connectivity index (χ3v) is 4.71. The van der Waals surface area contributed by atoms with E-state index in [4.69, 9.17) is 4.74 Å². The van der Waals surface area contributed by atoms with E-state index in [-0.39, 0.29) is 11.6 Å². The molecule has 2 aliphatic rings. The molecule has 3 heteroatoms. The van der Waals surface area contributed by atoms with Crippen molar-refractivity contribution in [2.45, 2.75) is 71.3 Å². The predicted octanol–water partition coefficient (Wildman–Crippen LogP) is 3.28. The first-order valence-electron chi connectivity index (χ1n) is 7.81. The van der Waals surface area contributed by atoms with Crippen LogP contribution in [0.15, 0.2) is 0 Å². The van der Waals surface area contributed by atoms with E-state index in [0.717, 1.165) is 0 Å². The predicted molar refractivity (Wildman–Crippen MR) is 77.0 cm³/mol. The standard InChI is InChI=1S/C16H29NO2/c1-15(2,3)19-14(18)12-13-4-6-16(7-5-13)8-10-17-11-9-16/h13,17H,4-12H2,1-3H3. The number of hydrogen-bond donors (Lipinski definition) is 1. The monoisotopic (exact) mass is 267 g/mol. The van der Waals surface area contributed by atoms with E-state index in [9.17, 15) is 4.79 Å². The highest BCUT2D eigenvalue weighted by Gasteiger charge is 2.36. The van der Waals surface area contributed by atoms with Crippen LogP contribution in [0.3, 0.4) is 0 Å². The molecule has 0 atom stereocenters. The molecule has 1 saturated carbocycles. The molecule has 0 unspecified atom stereocenters. The summed E-state index contributed by atoms with van der Waals surface area (Å²) in [6.45, 7) is 8.18. The van der Waals surface area contributed by atoms with Crippen LogP contribution in [0.2, 0.25) is 0 Å². The van der Waals surface area contributed by atoms with Gasteiger partial charge < -0.3 is 10.1 Å². The van der Waals surface area contributed by atoms with Crippen LogP contribution >= 0.6 is 0 Å². The van der Waals surface area contributed by atoms with Gasteiger partial charge in [0.2, 0.25) is 0 Å². The zero-order chi connectivity index (χ0) is 13.9. The van der Waals surface area contributed by atoms with Crippen molar-refractivity contribution in [3.8, 4) is 0 Å². The third kappa shape index (κ3) is 4.48. The number of ether oxygens (including phenoxy) is 1. The fourth-order valence-corrected chi connectivity index (χ4v) is 3.57. The van der Waals surface area contributed by atoms with Crippen LogP contribution in [0.5, 0.6) is 0 Å². The number of carbonyl (C=O) groups excluding carboxylic acids is 1. The molecule has 110 valence electrons. The second-order valence-corrected chi connectivity index (χ2v) is 7.48. The van der Waals surface area contributed by atoms with E-state index in [1.807, 2.05) is 20.8 Å². The van der Waals surface area contributed by atoms with Gasteiger partial charge in [-0.15, -0.1) is 0 Å². The molecule has 0 radical (unpaired) electrons. The van der Waals surface area contributed by atoms with Crippen molar-refractivity contribution in [2.24, 2.45) is 11.3 Å².